The van der Waals surface area contributed by atoms with E-state index in [0.717, 1.165) is 22.4 Å². The van der Waals surface area contributed by atoms with Crippen LogP contribution in [0.3, 0.4) is 0 Å². The number of rotatable bonds is 7. The summed E-state index contributed by atoms with van der Waals surface area (Å²) in [6.07, 6.45) is 8.34. The van der Waals surface area contributed by atoms with Crippen molar-refractivity contribution >= 4 is 23.4 Å². The number of fused-ring (bicyclic) bond motifs is 2. The molecule has 2 aromatic carbocycles. The predicted octanol–water partition coefficient (Wildman–Crippen LogP) is 4.18. The number of anilines is 1. The number of carbonyl (C=O) groups is 3. The van der Waals surface area contributed by atoms with Crippen LogP contribution < -0.4 is 4.90 Å². The summed E-state index contributed by atoms with van der Waals surface area (Å²) in [6.45, 7) is 10.6. The van der Waals surface area contributed by atoms with Crippen LogP contribution in [0.2, 0.25) is 0 Å². The third-order valence-electron chi connectivity index (χ3n) is 10.3. The fourth-order valence-electron chi connectivity index (χ4n) is 8.06. The van der Waals surface area contributed by atoms with E-state index >= 15 is 0 Å². The van der Waals surface area contributed by atoms with Crippen molar-refractivity contribution in [1.82, 2.24) is 9.80 Å². The number of carbonyl (C=O) groups excluding carboxylic acids is 3. The van der Waals surface area contributed by atoms with E-state index in [1.165, 1.54) is 0 Å². The molecule has 1 N–H and O–H groups in total. The number of ether oxygens (including phenoxy) is 1. The number of hydrogen-bond acceptors (Lipinski definition) is 5. The normalized spacial score (nSPS) is 31.0. The zero-order valence-corrected chi connectivity index (χ0v) is 26.3. The maximum Gasteiger partial charge on any atom is 0.253 e. The highest BCUT2D eigenvalue weighted by atomic mass is 16.5. The van der Waals surface area contributed by atoms with Gasteiger partial charge in [-0.3, -0.25) is 14.4 Å². The fraction of sp³-hybridized carbons (Fsp3) is 0.472. The van der Waals surface area contributed by atoms with Crippen molar-refractivity contribution in [2.75, 3.05) is 24.6 Å². The van der Waals surface area contributed by atoms with E-state index in [0.29, 0.717) is 26.1 Å². The van der Waals surface area contributed by atoms with Gasteiger partial charge in [0.15, 0.2) is 0 Å². The lowest BCUT2D eigenvalue weighted by molar-refractivity contribution is -0.152. The minimum Gasteiger partial charge on any atom is -0.394 e. The maximum absolute atomic E-state index is 14.9. The molecular formula is C36H43N3O5. The monoisotopic (exact) mass is 597 g/mol. The Balaban J connectivity index is 1.49. The van der Waals surface area contributed by atoms with Gasteiger partial charge in [-0.15, -0.1) is 0 Å². The second kappa shape index (κ2) is 11.3. The zero-order chi connectivity index (χ0) is 31.4. The van der Waals surface area contributed by atoms with Crippen LogP contribution in [0.25, 0.3) is 0 Å². The Bertz CT molecular complexity index is 1500. The lowest BCUT2D eigenvalue weighted by Gasteiger charge is -2.41. The molecule has 1 unspecified atom stereocenters. The topological polar surface area (TPSA) is 90.4 Å². The van der Waals surface area contributed by atoms with Crippen molar-refractivity contribution in [3.05, 3.63) is 89.5 Å². The minimum absolute atomic E-state index is 0.0841. The third-order valence-corrected chi connectivity index (χ3v) is 10.3. The molecule has 8 heteroatoms. The largest absolute Gasteiger partial charge is 0.394 e. The summed E-state index contributed by atoms with van der Waals surface area (Å²) < 4.78 is 7.01. The van der Waals surface area contributed by atoms with E-state index < -0.39 is 35.1 Å². The molecule has 1 spiro atoms. The van der Waals surface area contributed by atoms with Gasteiger partial charge in [0.1, 0.15) is 11.6 Å². The molecule has 7 atom stereocenters. The molecule has 2 fully saturated rings. The molecule has 6 rings (SSSR count). The predicted molar refractivity (Wildman–Crippen MR) is 169 cm³/mol. The summed E-state index contributed by atoms with van der Waals surface area (Å²) in [5.41, 5.74) is 1.23. The Morgan fingerprint density at radius 2 is 1.59 bits per heavy atom. The molecule has 4 aliphatic rings. The van der Waals surface area contributed by atoms with Gasteiger partial charge in [0, 0.05) is 25.3 Å². The molecule has 44 heavy (non-hydrogen) atoms. The lowest BCUT2D eigenvalue weighted by atomic mass is 9.74. The first-order valence-corrected chi connectivity index (χ1v) is 15.8. The number of aliphatic hydroxyl groups is 1. The lowest BCUT2D eigenvalue weighted by Crippen LogP contribution is -2.60. The SMILES string of the molecule is CC[C@H](C)[C@H](CO)N1C(=O)[C@@H]2[C@H]3C(=O)N(Cc4ccccc4)CC=C[C@@]3(C)O[C@@]23C=CCN(c2c(C)cccc2C)C(=O)C13. The van der Waals surface area contributed by atoms with Crippen LogP contribution in [0.1, 0.15) is 43.9 Å². The molecular weight excluding hydrogens is 554 g/mol. The van der Waals surface area contributed by atoms with E-state index in [-0.39, 0.29) is 30.2 Å². The van der Waals surface area contributed by atoms with Crippen LogP contribution in [0.15, 0.2) is 72.8 Å². The minimum atomic E-state index is -1.38. The standard InChI is InChI=1S/C36H43N3O5/c1-6-23(2)27(22-40)39-31-34(43)38(30-24(3)13-10-14-25(30)4)20-12-18-36(31)29(33(39)42)28-32(41)37(19-11-17-35(28,5)44-36)21-26-15-8-7-9-16-26/h7-18,23,27-29,31,40H,6,19-22H2,1-5H3/t23-,27-,28-,29-,31?,35+,36-/m0/s1. The van der Waals surface area contributed by atoms with E-state index in [9.17, 15) is 19.5 Å². The highest BCUT2D eigenvalue weighted by Gasteiger charge is 2.75. The van der Waals surface area contributed by atoms with Crippen molar-refractivity contribution < 1.29 is 24.2 Å². The second-order valence-corrected chi connectivity index (χ2v) is 13.1. The molecule has 0 aliphatic carbocycles. The number of hydrogen-bond donors (Lipinski definition) is 1. The van der Waals surface area contributed by atoms with Gasteiger partial charge in [-0.1, -0.05) is 93.1 Å². The Hall–Kier alpha value is -3.75. The highest BCUT2D eigenvalue weighted by Crippen LogP contribution is 2.58. The summed E-state index contributed by atoms with van der Waals surface area (Å²) in [5, 5.41) is 10.7. The summed E-state index contributed by atoms with van der Waals surface area (Å²) in [5.74, 6) is -2.60. The van der Waals surface area contributed by atoms with E-state index in [4.69, 9.17) is 4.74 Å². The first-order chi connectivity index (χ1) is 21.1. The van der Waals surface area contributed by atoms with Crippen molar-refractivity contribution in [1.29, 1.82) is 0 Å². The zero-order valence-electron chi connectivity index (χ0n) is 26.3. The van der Waals surface area contributed by atoms with Gasteiger partial charge in [-0.25, -0.2) is 0 Å². The van der Waals surface area contributed by atoms with E-state index in [1.54, 1.807) is 14.7 Å². The van der Waals surface area contributed by atoms with Crippen LogP contribution in [-0.4, -0.2) is 75.6 Å². The smallest absolute Gasteiger partial charge is 0.253 e. The van der Waals surface area contributed by atoms with Crippen LogP contribution in [0.5, 0.6) is 0 Å². The first-order valence-electron chi connectivity index (χ1n) is 15.8. The average molecular weight is 598 g/mol. The molecule has 4 heterocycles. The maximum atomic E-state index is 14.9. The summed E-state index contributed by atoms with van der Waals surface area (Å²) in [7, 11) is 0. The van der Waals surface area contributed by atoms with Crippen molar-refractivity contribution in [2.24, 2.45) is 17.8 Å². The van der Waals surface area contributed by atoms with Gasteiger partial charge in [-0.05, 0) is 43.4 Å². The van der Waals surface area contributed by atoms with Crippen LogP contribution in [-0.2, 0) is 25.7 Å². The molecule has 8 nitrogen and oxygen atoms in total. The number of benzene rings is 2. The van der Waals surface area contributed by atoms with Gasteiger partial charge in [-0.2, -0.15) is 0 Å². The van der Waals surface area contributed by atoms with Gasteiger partial charge in [0.05, 0.1) is 30.1 Å². The summed E-state index contributed by atoms with van der Waals surface area (Å²) in [6, 6.07) is 14.1. The molecule has 0 bridgehead atoms. The van der Waals surface area contributed by atoms with E-state index in [2.05, 4.69) is 0 Å². The summed E-state index contributed by atoms with van der Waals surface area (Å²) >= 11 is 0. The molecule has 0 aromatic heterocycles. The Morgan fingerprint density at radius 3 is 2.25 bits per heavy atom. The summed E-state index contributed by atoms with van der Waals surface area (Å²) in [4.78, 5) is 49.4. The fourth-order valence-corrected chi connectivity index (χ4v) is 8.06. The third kappa shape index (κ3) is 4.53. The molecule has 0 saturated carbocycles. The first kappa shape index (κ1) is 30.3. The number of nitrogens with zero attached hydrogens (tertiary/aromatic N) is 3. The number of likely N-dealkylation sites (tertiary alicyclic amines) is 1. The quantitative estimate of drug-likeness (QED) is 0.484. The van der Waals surface area contributed by atoms with Gasteiger partial charge < -0.3 is 24.5 Å². The van der Waals surface area contributed by atoms with Gasteiger partial charge in [0.2, 0.25) is 11.8 Å². The molecule has 3 amide bonds. The number of para-hydroxylation sites is 1. The Labute approximate surface area is 260 Å². The van der Waals surface area contributed by atoms with Gasteiger partial charge in [0.25, 0.3) is 5.91 Å². The molecule has 4 aliphatic heterocycles. The van der Waals surface area contributed by atoms with Crippen molar-refractivity contribution in [2.45, 2.75) is 70.9 Å². The second-order valence-electron chi connectivity index (χ2n) is 13.1. The molecule has 0 radical (unpaired) electrons. The number of amides is 3. The Kier molecular flexibility index (Phi) is 7.79. The average Bonchev–Trinajstić information content (AvgIpc) is 3.28. The number of aliphatic hydroxyl groups excluding tert-OH is 1. The number of aryl methyl sites for hydroxylation is 2. The van der Waals surface area contributed by atoms with E-state index in [1.807, 2.05) is 107 Å². The van der Waals surface area contributed by atoms with Gasteiger partial charge >= 0.3 is 0 Å². The molecule has 2 aromatic rings. The Morgan fingerprint density at radius 1 is 0.909 bits per heavy atom. The van der Waals surface area contributed by atoms with Crippen molar-refractivity contribution in [3.63, 3.8) is 0 Å². The van der Waals surface area contributed by atoms with Crippen LogP contribution >= 0.6 is 0 Å². The molecule has 232 valence electrons. The van der Waals surface area contributed by atoms with Crippen LogP contribution in [0, 0.1) is 31.6 Å². The van der Waals surface area contributed by atoms with Crippen LogP contribution in [0.4, 0.5) is 5.69 Å². The molecule has 2 saturated heterocycles. The highest BCUT2D eigenvalue weighted by molar-refractivity contribution is 6.06. The van der Waals surface area contributed by atoms with Crippen molar-refractivity contribution in [3.8, 4) is 0 Å².